The molecule has 3 aromatic carbocycles. The molecule has 0 spiro atoms. The lowest BCUT2D eigenvalue weighted by molar-refractivity contribution is 0.881. The highest BCUT2D eigenvalue weighted by Crippen LogP contribution is 2.32. The van der Waals surface area contributed by atoms with E-state index in [9.17, 15) is 0 Å². The number of nitrogens with one attached hydrogen (secondary N) is 1. The molecule has 7 nitrogen and oxygen atoms in total. The largest absolute Gasteiger partial charge is 0.326 e. The first-order valence-electron chi connectivity index (χ1n) is 9.22. The molecule has 3 N–H and O–H groups in total. The molecule has 29 heavy (non-hydrogen) atoms. The minimum atomic E-state index is 0.503. The first kappa shape index (κ1) is 17.2. The number of nitrogens with two attached hydrogens (primary N) is 1. The molecular formula is C22H17N7. The maximum absolute atomic E-state index is 5.75. The standard InChI is InChI=1S/C22H17N7/c23-13-14-6-8-16(9-7-14)21-20(15-4-2-1-3-5-15)24-18-11-10-17(12-19(18)25-21)22-26-28-29-27-22/h1-12H,13,23H2,(H,26,27,28,29). The van der Waals surface area contributed by atoms with Crippen molar-refractivity contribution in [3.63, 3.8) is 0 Å². The molecule has 2 heterocycles. The molecule has 0 aliphatic heterocycles. The van der Waals surface area contributed by atoms with E-state index < -0.39 is 0 Å². The number of aromatic nitrogens is 6. The van der Waals surface area contributed by atoms with Gasteiger partial charge in [0, 0.05) is 23.2 Å². The summed E-state index contributed by atoms with van der Waals surface area (Å²) in [6.07, 6.45) is 0. The number of nitrogens with zero attached hydrogens (tertiary/aromatic N) is 5. The second-order valence-electron chi connectivity index (χ2n) is 6.63. The number of hydrogen-bond donors (Lipinski definition) is 2. The van der Waals surface area contributed by atoms with Gasteiger partial charge in [0.15, 0.2) is 0 Å². The lowest BCUT2D eigenvalue weighted by Crippen LogP contribution is -1.98. The molecule has 0 saturated carbocycles. The minimum absolute atomic E-state index is 0.503. The maximum atomic E-state index is 5.75. The Morgan fingerprint density at radius 3 is 2.10 bits per heavy atom. The zero-order chi connectivity index (χ0) is 19.6. The molecule has 0 fully saturated rings. The topological polar surface area (TPSA) is 106 Å². The third kappa shape index (κ3) is 3.24. The summed E-state index contributed by atoms with van der Waals surface area (Å²) in [5.41, 5.74) is 12.9. The van der Waals surface area contributed by atoms with E-state index in [0.717, 1.165) is 44.7 Å². The van der Waals surface area contributed by atoms with Crippen LogP contribution in [0.15, 0.2) is 72.8 Å². The third-order valence-electron chi connectivity index (χ3n) is 4.78. The summed E-state index contributed by atoms with van der Waals surface area (Å²) < 4.78 is 0. The van der Waals surface area contributed by atoms with Crippen molar-refractivity contribution < 1.29 is 0 Å². The van der Waals surface area contributed by atoms with Crippen LogP contribution in [0.4, 0.5) is 0 Å². The molecule has 7 heteroatoms. The van der Waals surface area contributed by atoms with E-state index in [1.165, 1.54) is 0 Å². The van der Waals surface area contributed by atoms with Gasteiger partial charge in [-0.05, 0) is 29.0 Å². The Morgan fingerprint density at radius 1 is 0.724 bits per heavy atom. The zero-order valence-electron chi connectivity index (χ0n) is 15.4. The van der Waals surface area contributed by atoms with E-state index in [0.29, 0.717) is 12.4 Å². The van der Waals surface area contributed by atoms with Gasteiger partial charge in [-0.3, -0.25) is 0 Å². The Bertz CT molecular complexity index is 1260. The van der Waals surface area contributed by atoms with Crippen LogP contribution in [0.5, 0.6) is 0 Å². The summed E-state index contributed by atoms with van der Waals surface area (Å²) in [5.74, 6) is 0.523. The van der Waals surface area contributed by atoms with Crippen LogP contribution in [0.3, 0.4) is 0 Å². The Labute approximate surface area is 166 Å². The summed E-state index contributed by atoms with van der Waals surface area (Å²) in [4.78, 5) is 9.90. The lowest BCUT2D eigenvalue weighted by atomic mass is 10.0. The van der Waals surface area contributed by atoms with Crippen molar-refractivity contribution in [3.05, 3.63) is 78.4 Å². The molecule has 0 unspecified atom stereocenters. The summed E-state index contributed by atoms with van der Waals surface area (Å²) in [6, 6.07) is 24.0. The maximum Gasteiger partial charge on any atom is 0.204 e. The van der Waals surface area contributed by atoms with Gasteiger partial charge in [-0.1, -0.05) is 54.6 Å². The highest BCUT2D eigenvalue weighted by Gasteiger charge is 2.14. The van der Waals surface area contributed by atoms with Crippen molar-refractivity contribution in [3.8, 4) is 33.9 Å². The first-order chi connectivity index (χ1) is 14.3. The number of benzene rings is 3. The van der Waals surface area contributed by atoms with Crippen LogP contribution in [0.1, 0.15) is 5.56 Å². The van der Waals surface area contributed by atoms with Gasteiger partial charge >= 0.3 is 0 Å². The number of fused-ring (bicyclic) bond motifs is 1. The van der Waals surface area contributed by atoms with Gasteiger partial charge in [-0.2, -0.15) is 5.21 Å². The van der Waals surface area contributed by atoms with E-state index in [4.69, 9.17) is 15.7 Å². The lowest BCUT2D eigenvalue weighted by Gasteiger charge is -2.11. The molecule has 0 aliphatic rings. The summed E-state index contributed by atoms with van der Waals surface area (Å²) >= 11 is 0. The van der Waals surface area contributed by atoms with E-state index >= 15 is 0 Å². The molecule has 0 amide bonds. The Kier molecular flexibility index (Phi) is 4.27. The average molecular weight is 379 g/mol. The molecule has 5 aromatic rings. The van der Waals surface area contributed by atoms with Crippen molar-refractivity contribution in [1.29, 1.82) is 0 Å². The van der Waals surface area contributed by atoms with Crippen LogP contribution in [0, 0.1) is 0 Å². The highest BCUT2D eigenvalue weighted by atomic mass is 15.5. The zero-order valence-corrected chi connectivity index (χ0v) is 15.4. The number of hydrogen-bond acceptors (Lipinski definition) is 6. The van der Waals surface area contributed by atoms with Gasteiger partial charge in [0.2, 0.25) is 5.82 Å². The fourth-order valence-electron chi connectivity index (χ4n) is 3.27. The second-order valence-corrected chi connectivity index (χ2v) is 6.63. The molecular weight excluding hydrogens is 362 g/mol. The van der Waals surface area contributed by atoms with Crippen LogP contribution in [-0.4, -0.2) is 30.6 Å². The van der Waals surface area contributed by atoms with E-state index in [1.807, 2.05) is 72.8 Å². The number of aromatic amines is 1. The Hall–Kier alpha value is -3.97. The van der Waals surface area contributed by atoms with Gasteiger partial charge in [0.05, 0.1) is 22.4 Å². The van der Waals surface area contributed by atoms with Crippen molar-refractivity contribution >= 4 is 11.0 Å². The van der Waals surface area contributed by atoms with Gasteiger partial charge in [-0.25, -0.2) is 9.97 Å². The summed E-state index contributed by atoms with van der Waals surface area (Å²) in [5, 5.41) is 14.2. The van der Waals surface area contributed by atoms with Crippen LogP contribution < -0.4 is 5.73 Å². The second kappa shape index (κ2) is 7.21. The quantitative estimate of drug-likeness (QED) is 0.494. The van der Waals surface area contributed by atoms with Crippen LogP contribution in [0.2, 0.25) is 0 Å². The average Bonchev–Trinajstić information content (AvgIpc) is 3.33. The monoisotopic (exact) mass is 379 g/mol. The molecule has 0 saturated heterocycles. The van der Waals surface area contributed by atoms with Gasteiger partial charge < -0.3 is 5.73 Å². The minimum Gasteiger partial charge on any atom is -0.326 e. The van der Waals surface area contributed by atoms with Crippen LogP contribution >= 0.6 is 0 Å². The molecule has 0 atom stereocenters. The SMILES string of the molecule is NCc1ccc(-c2nc3cc(-c4nn[nH]n4)ccc3nc2-c2ccccc2)cc1. The highest BCUT2D eigenvalue weighted by molar-refractivity contribution is 5.88. The molecule has 2 aromatic heterocycles. The fourth-order valence-corrected chi connectivity index (χ4v) is 3.27. The van der Waals surface area contributed by atoms with Crippen molar-refractivity contribution in [2.24, 2.45) is 5.73 Å². The fraction of sp³-hybridized carbons (Fsp3) is 0.0455. The summed E-state index contributed by atoms with van der Waals surface area (Å²) in [6.45, 7) is 0.503. The van der Waals surface area contributed by atoms with Crippen molar-refractivity contribution in [2.75, 3.05) is 0 Å². The van der Waals surface area contributed by atoms with E-state index in [2.05, 4.69) is 20.6 Å². The number of tetrazole rings is 1. The molecule has 0 radical (unpaired) electrons. The van der Waals surface area contributed by atoms with Crippen molar-refractivity contribution in [1.82, 2.24) is 30.6 Å². The molecule has 0 bridgehead atoms. The normalized spacial score (nSPS) is 11.1. The van der Waals surface area contributed by atoms with Gasteiger partial charge in [0.1, 0.15) is 0 Å². The molecule has 0 aliphatic carbocycles. The van der Waals surface area contributed by atoms with E-state index in [1.54, 1.807) is 0 Å². The first-order valence-corrected chi connectivity index (χ1v) is 9.22. The van der Waals surface area contributed by atoms with Gasteiger partial charge in [-0.15, -0.1) is 10.2 Å². The van der Waals surface area contributed by atoms with E-state index in [-0.39, 0.29) is 0 Å². The third-order valence-corrected chi connectivity index (χ3v) is 4.78. The Morgan fingerprint density at radius 2 is 1.41 bits per heavy atom. The smallest absolute Gasteiger partial charge is 0.204 e. The van der Waals surface area contributed by atoms with Crippen LogP contribution in [-0.2, 0) is 6.54 Å². The molecule has 140 valence electrons. The number of H-pyrrole nitrogens is 1. The summed E-state index contributed by atoms with van der Waals surface area (Å²) in [7, 11) is 0. The van der Waals surface area contributed by atoms with Gasteiger partial charge in [0.25, 0.3) is 0 Å². The van der Waals surface area contributed by atoms with Crippen LogP contribution in [0.25, 0.3) is 44.9 Å². The Balaban J connectivity index is 1.73. The predicted molar refractivity (Wildman–Crippen MR) is 111 cm³/mol. The molecule has 5 rings (SSSR count). The number of rotatable bonds is 4. The van der Waals surface area contributed by atoms with Crippen molar-refractivity contribution in [2.45, 2.75) is 6.54 Å². The predicted octanol–water partition coefficient (Wildman–Crippen LogP) is 3.60.